The molecule has 0 atom stereocenters. The Balaban J connectivity index is 0.00000106. The molecular formula is C10H12ClF3O2. The average molecular weight is 257 g/mol. The Bertz CT molecular complexity index is 326. The smallest absolute Gasteiger partial charge is 0.497 e. The van der Waals surface area contributed by atoms with Crippen LogP contribution in [-0.4, -0.2) is 13.5 Å². The summed E-state index contributed by atoms with van der Waals surface area (Å²) in [6.45, 7) is 4.00. The molecule has 0 saturated carbocycles. The number of alkyl halides is 3. The van der Waals surface area contributed by atoms with Crippen molar-refractivity contribution in [2.75, 3.05) is 7.11 Å². The number of methoxy groups -OCH3 is 1. The molecule has 92 valence electrons. The van der Waals surface area contributed by atoms with E-state index in [4.69, 9.17) is 16.3 Å². The fourth-order valence-corrected chi connectivity index (χ4v) is 1.06. The van der Waals surface area contributed by atoms with E-state index >= 15 is 0 Å². The zero-order chi connectivity index (χ0) is 12.8. The number of hydrogen-bond acceptors (Lipinski definition) is 2. The summed E-state index contributed by atoms with van der Waals surface area (Å²) in [6, 6.07) is 3.53. The van der Waals surface area contributed by atoms with E-state index in [1.807, 2.05) is 13.8 Å². The average Bonchev–Trinajstić information content (AvgIpc) is 2.17. The van der Waals surface area contributed by atoms with Crippen LogP contribution in [0.3, 0.4) is 0 Å². The molecule has 1 aromatic rings. The lowest BCUT2D eigenvalue weighted by atomic mass is 10.3. The van der Waals surface area contributed by atoms with Gasteiger partial charge < -0.3 is 9.47 Å². The predicted molar refractivity (Wildman–Crippen MR) is 56.0 cm³/mol. The molecule has 0 aliphatic carbocycles. The number of ether oxygens (including phenoxy) is 2. The third-order valence-corrected chi connectivity index (χ3v) is 1.53. The minimum Gasteiger partial charge on any atom is -0.497 e. The maximum Gasteiger partial charge on any atom is 0.573 e. The third-order valence-electron chi connectivity index (χ3n) is 1.31. The van der Waals surface area contributed by atoms with E-state index in [1.165, 1.54) is 13.2 Å². The molecule has 1 rings (SSSR count). The van der Waals surface area contributed by atoms with E-state index in [0.717, 1.165) is 12.1 Å². The molecule has 2 nitrogen and oxygen atoms in total. The van der Waals surface area contributed by atoms with Gasteiger partial charge in [-0.3, -0.25) is 0 Å². The summed E-state index contributed by atoms with van der Waals surface area (Å²) in [5, 5.41) is 0.114. The van der Waals surface area contributed by atoms with E-state index in [-0.39, 0.29) is 10.8 Å². The summed E-state index contributed by atoms with van der Waals surface area (Å²) in [4.78, 5) is 0. The van der Waals surface area contributed by atoms with Gasteiger partial charge in [0.15, 0.2) is 0 Å². The van der Waals surface area contributed by atoms with Gasteiger partial charge in [-0.15, -0.1) is 13.2 Å². The monoisotopic (exact) mass is 256 g/mol. The molecule has 0 saturated heterocycles. The second kappa shape index (κ2) is 6.48. The Morgan fingerprint density at radius 2 is 1.56 bits per heavy atom. The zero-order valence-corrected chi connectivity index (χ0v) is 9.82. The zero-order valence-electron chi connectivity index (χ0n) is 9.06. The second-order valence-electron chi connectivity index (χ2n) is 2.37. The first kappa shape index (κ1) is 14.9. The highest BCUT2D eigenvalue weighted by atomic mass is 35.5. The molecule has 16 heavy (non-hydrogen) atoms. The van der Waals surface area contributed by atoms with Crippen molar-refractivity contribution in [3.05, 3.63) is 23.2 Å². The van der Waals surface area contributed by atoms with Crippen molar-refractivity contribution in [1.82, 2.24) is 0 Å². The van der Waals surface area contributed by atoms with Crippen molar-refractivity contribution in [1.29, 1.82) is 0 Å². The normalized spacial score (nSPS) is 10.2. The van der Waals surface area contributed by atoms with Gasteiger partial charge in [-0.2, -0.15) is 0 Å². The van der Waals surface area contributed by atoms with E-state index in [9.17, 15) is 13.2 Å². The summed E-state index contributed by atoms with van der Waals surface area (Å²) in [5.74, 6) is -0.196. The SMILES string of the molecule is CC.COc1cc(Cl)cc(OC(F)(F)F)c1. The molecule has 0 spiro atoms. The van der Waals surface area contributed by atoms with Crippen molar-refractivity contribution >= 4 is 11.6 Å². The maximum absolute atomic E-state index is 11.8. The Morgan fingerprint density at radius 3 is 2.00 bits per heavy atom. The minimum absolute atomic E-state index is 0.114. The van der Waals surface area contributed by atoms with Gasteiger partial charge in [0, 0.05) is 11.1 Å². The highest BCUT2D eigenvalue weighted by Crippen LogP contribution is 2.29. The van der Waals surface area contributed by atoms with Crippen LogP contribution in [0.5, 0.6) is 11.5 Å². The van der Waals surface area contributed by atoms with Crippen LogP contribution in [-0.2, 0) is 0 Å². The van der Waals surface area contributed by atoms with Crippen LogP contribution < -0.4 is 9.47 Å². The van der Waals surface area contributed by atoms with E-state index in [2.05, 4.69) is 4.74 Å². The van der Waals surface area contributed by atoms with Crippen LogP contribution in [0, 0.1) is 0 Å². The molecule has 0 amide bonds. The number of benzene rings is 1. The van der Waals surface area contributed by atoms with Gasteiger partial charge in [0.05, 0.1) is 7.11 Å². The summed E-state index contributed by atoms with van der Waals surface area (Å²) in [7, 11) is 1.32. The van der Waals surface area contributed by atoms with E-state index < -0.39 is 12.1 Å². The van der Waals surface area contributed by atoms with Crippen molar-refractivity contribution in [2.45, 2.75) is 20.2 Å². The van der Waals surface area contributed by atoms with E-state index in [1.54, 1.807) is 0 Å². The Labute approximate surface area is 96.9 Å². The third kappa shape index (κ3) is 5.70. The fourth-order valence-electron chi connectivity index (χ4n) is 0.847. The predicted octanol–water partition coefficient (Wildman–Crippen LogP) is 4.27. The Hall–Kier alpha value is -1.10. The number of hydrogen-bond donors (Lipinski definition) is 0. The van der Waals surface area contributed by atoms with Crippen molar-refractivity contribution in [3.8, 4) is 11.5 Å². The quantitative estimate of drug-likeness (QED) is 0.787. The summed E-state index contributed by atoms with van der Waals surface area (Å²) >= 11 is 5.53. The minimum atomic E-state index is -4.73. The lowest BCUT2D eigenvalue weighted by Crippen LogP contribution is -2.17. The molecule has 0 aliphatic heterocycles. The highest BCUT2D eigenvalue weighted by molar-refractivity contribution is 6.30. The van der Waals surface area contributed by atoms with Crippen LogP contribution in [0.2, 0.25) is 5.02 Å². The van der Waals surface area contributed by atoms with Crippen molar-refractivity contribution in [2.24, 2.45) is 0 Å². The van der Waals surface area contributed by atoms with Gasteiger partial charge in [-0.05, 0) is 12.1 Å². The van der Waals surface area contributed by atoms with Gasteiger partial charge in [-0.1, -0.05) is 25.4 Å². The fraction of sp³-hybridized carbons (Fsp3) is 0.400. The molecule has 6 heteroatoms. The highest BCUT2D eigenvalue weighted by Gasteiger charge is 2.31. The van der Waals surface area contributed by atoms with Gasteiger partial charge in [0.1, 0.15) is 11.5 Å². The van der Waals surface area contributed by atoms with Crippen molar-refractivity contribution < 1.29 is 22.6 Å². The van der Waals surface area contributed by atoms with Crippen LogP contribution in [0.4, 0.5) is 13.2 Å². The Morgan fingerprint density at radius 1 is 1.06 bits per heavy atom. The molecule has 0 aromatic heterocycles. The van der Waals surface area contributed by atoms with Gasteiger partial charge in [0.2, 0.25) is 0 Å². The first-order chi connectivity index (χ1) is 7.40. The molecule has 0 N–H and O–H groups in total. The molecule has 0 radical (unpaired) electrons. The number of rotatable bonds is 2. The molecular weight excluding hydrogens is 245 g/mol. The molecule has 0 bridgehead atoms. The second-order valence-corrected chi connectivity index (χ2v) is 2.81. The molecule has 0 fully saturated rings. The number of halogens is 4. The lowest BCUT2D eigenvalue weighted by Gasteiger charge is -2.10. The van der Waals surface area contributed by atoms with E-state index in [0.29, 0.717) is 0 Å². The lowest BCUT2D eigenvalue weighted by molar-refractivity contribution is -0.274. The molecule has 1 aromatic carbocycles. The summed E-state index contributed by atoms with van der Waals surface area (Å²) < 4.78 is 43.8. The first-order valence-corrected chi connectivity index (χ1v) is 4.89. The van der Waals surface area contributed by atoms with Crippen LogP contribution >= 0.6 is 11.6 Å². The molecule has 0 heterocycles. The van der Waals surface area contributed by atoms with Gasteiger partial charge in [-0.25, -0.2) is 0 Å². The molecule has 0 unspecified atom stereocenters. The summed E-state index contributed by atoms with van der Waals surface area (Å²) in [5.41, 5.74) is 0. The largest absolute Gasteiger partial charge is 0.573 e. The van der Waals surface area contributed by atoms with Crippen LogP contribution in [0.25, 0.3) is 0 Å². The van der Waals surface area contributed by atoms with Gasteiger partial charge >= 0.3 is 6.36 Å². The standard InChI is InChI=1S/C8H6ClF3O2.C2H6/c1-13-6-2-5(9)3-7(4-6)14-8(10,11)12;1-2/h2-4H,1H3;1-2H3. The first-order valence-electron chi connectivity index (χ1n) is 4.51. The van der Waals surface area contributed by atoms with Crippen LogP contribution in [0.15, 0.2) is 18.2 Å². The van der Waals surface area contributed by atoms with Crippen LogP contribution in [0.1, 0.15) is 13.8 Å². The molecule has 0 aliphatic rings. The van der Waals surface area contributed by atoms with Gasteiger partial charge in [0.25, 0.3) is 0 Å². The van der Waals surface area contributed by atoms with Crippen molar-refractivity contribution in [3.63, 3.8) is 0 Å². The summed E-state index contributed by atoms with van der Waals surface area (Å²) in [6.07, 6.45) is -4.73. The topological polar surface area (TPSA) is 18.5 Å². The Kier molecular flexibility index (Phi) is 6.03. The maximum atomic E-state index is 11.8.